The van der Waals surface area contributed by atoms with Gasteiger partial charge in [0.2, 0.25) is 5.91 Å². The lowest BCUT2D eigenvalue weighted by atomic mass is 10.2. The third-order valence-corrected chi connectivity index (χ3v) is 4.35. The van der Waals surface area contributed by atoms with Crippen molar-refractivity contribution in [1.82, 2.24) is 10.2 Å². The lowest BCUT2D eigenvalue weighted by Gasteiger charge is -2.27. The Morgan fingerprint density at radius 3 is 2.29 bits per heavy atom. The van der Waals surface area contributed by atoms with Crippen molar-refractivity contribution < 1.29 is 9.59 Å². The molecule has 2 rings (SSSR count). The fourth-order valence-electron chi connectivity index (χ4n) is 2.34. The van der Waals surface area contributed by atoms with Crippen molar-refractivity contribution >= 4 is 27.7 Å². The van der Waals surface area contributed by atoms with E-state index in [0.29, 0.717) is 16.6 Å². The van der Waals surface area contributed by atoms with Crippen molar-refractivity contribution in [3.05, 3.63) is 70.2 Å². The highest BCUT2D eigenvalue weighted by Gasteiger charge is 2.18. The SMILES string of the molecule is CC(C)N(Cc1ccccc1)C(=O)CNC(=O)c1ccccc1Br. The second-order valence-electron chi connectivity index (χ2n) is 5.76. The van der Waals surface area contributed by atoms with Gasteiger partial charge in [0.1, 0.15) is 0 Å². The van der Waals surface area contributed by atoms with Gasteiger partial charge in [-0.05, 0) is 47.5 Å². The van der Waals surface area contributed by atoms with Gasteiger partial charge in [-0.1, -0.05) is 42.5 Å². The highest BCUT2D eigenvalue weighted by atomic mass is 79.9. The zero-order valence-electron chi connectivity index (χ0n) is 13.8. The van der Waals surface area contributed by atoms with E-state index in [1.807, 2.05) is 50.2 Å². The van der Waals surface area contributed by atoms with Crippen LogP contribution in [0.2, 0.25) is 0 Å². The molecule has 0 aliphatic carbocycles. The van der Waals surface area contributed by atoms with Gasteiger partial charge < -0.3 is 10.2 Å². The van der Waals surface area contributed by atoms with Crippen LogP contribution < -0.4 is 5.32 Å². The second kappa shape index (κ2) is 8.64. The number of nitrogens with zero attached hydrogens (tertiary/aromatic N) is 1. The molecule has 2 aromatic rings. The Balaban J connectivity index is 1.98. The first kappa shape index (κ1) is 18.2. The summed E-state index contributed by atoms with van der Waals surface area (Å²) >= 11 is 3.34. The summed E-state index contributed by atoms with van der Waals surface area (Å²) in [5.74, 6) is -0.367. The number of rotatable bonds is 6. The van der Waals surface area contributed by atoms with Crippen molar-refractivity contribution in [1.29, 1.82) is 0 Å². The van der Waals surface area contributed by atoms with Gasteiger partial charge in [0.05, 0.1) is 12.1 Å². The number of hydrogen-bond donors (Lipinski definition) is 1. The standard InChI is InChI=1S/C19H21BrN2O2/c1-14(2)22(13-15-8-4-3-5-9-15)18(23)12-21-19(24)16-10-6-7-11-17(16)20/h3-11,14H,12-13H2,1-2H3,(H,21,24). The van der Waals surface area contributed by atoms with Crippen molar-refractivity contribution in [3.8, 4) is 0 Å². The molecule has 0 radical (unpaired) electrons. The Hall–Kier alpha value is -2.14. The molecular weight excluding hydrogens is 368 g/mol. The molecule has 5 heteroatoms. The zero-order chi connectivity index (χ0) is 17.5. The summed E-state index contributed by atoms with van der Waals surface area (Å²) < 4.78 is 0.708. The maximum atomic E-state index is 12.5. The summed E-state index contributed by atoms with van der Waals surface area (Å²) in [6.45, 7) is 4.44. The van der Waals surface area contributed by atoms with E-state index >= 15 is 0 Å². The van der Waals surface area contributed by atoms with Crippen molar-refractivity contribution in [2.45, 2.75) is 26.4 Å². The summed E-state index contributed by atoms with van der Waals surface area (Å²) in [7, 11) is 0. The molecule has 24 heavy (non-hydrogen) atoms. The molecular formula is C19H21BrN2O2. The van der Waals surface area contributed by atoms with E-state index in [2.05, 4.69) is 21.2 Å². The average Bonchev–Trinajstić information content (AvgIpc) is 2.58. The minimum absolute atomic E-state index is 0.0226. The molecule has 0 fully saturated rings. The normalized spacial score (nSPS) is 10.5. The maximum Gasteiger partial charge on any atom is 0.252 e. The minimum atomic E-state index is -0.265. The van der Waals surface area contributed by atoms with Gasteiger partial charge in [0, 0.05) is 17.1 Å². The Morgan fingerprint density at radius 1 is 1.04 bits per heavy atom. The van der Waals surface area contributed by atoms with Crippen LogP contribution in [-0.4, -0.2) is 29.3 Å². The quantitative estimate of drug-likeness (QED) is 0.821. The summed E-state index contributed by atoms with van der Waals surface area (Å²) in [4.78, 5) is 26.5. The number of halogens is 1. The third-order valence-electron chi connectivity index (χ3n) is 3.66. The molecule has 0 heterocycles. The van der Waals surface area contributed by atoms with Crippen LogP contribution in [0.1, 0.15) is 29.8 Å². The molecule has 0 saturated carbocycles. The van der Waals surface area contributed by atoms with Gasteiger partial charge >= 0.3 is 0 Å². The number of amides is 2. The predicted octanol–water partition coefficient (Wildman–Crippen LogP) is 3.62. The van der Waals surface area contributed by atoms with Crippen LogP contribution in [0.4, 0.5) is 0 Å². The molecule has 2 aromatic carbocycles. The second-order valence-corrected chi connectivity index (χ2v) is 6.62. The van der Waals surface area contributed by atoms with Gasteiger partial charge in [-0.2, -0.15) is 0 Å². The Kier molecular flexibility index (Phi) is 6.55. The van der Waals surface area contributed by atoms with Crippen LogP contribution in [0.15, 0.2) is 59.1 Å². The fourth-order valence-corrected chi connectivity index (χ4v) is 2.80. The van der Waals surface area contributed by atoms with E-state index < -0.39 is 0 Å². The van der Waals surface area contributed by atoms with Gasteiger partial charge in [-0.25, -0.2) is 0 Å². The van der Waals surface area contributed by atoms with Crippen molar-refractivity contribution in [3.63, 3.8) is 0 Å². The summed E-state index contributed by atoms with van der Waals surface area (Å²) in [6, 6.07) is 17.0. The molecule has 0 unspecified atom stereocenters. The predicted molar refractivity (Wildman–Crippen MR) is 98.6 cm³/mol. The molecule has 0 bridgehead atoms. The Morgan fingerprint density at radius 2 is 1.67 bits per heavy atom. The monoisotopic (exact) mass is 388 g/mol. The summed E-state index contributed by atoms with van der Waals surface area (Å²) in [5.41, 5.74) is 1.58. The van der Waals surface area contributed by atoms with Gasteiger partial charge in [0.25, 0.3) is 5.91 Å². The van der Waals surface area contributed by atoms with Crippen LogP contribution >= 0.6 is 15.9 Å². The fraction of sp³-hybridized carbons (Fsp3) is 0.263. The summed E-state index contributed by atoms with van der Waals surface area (Å²) in [5, 5.41) is 2.70. The van der Waals surface area contributed by atoms with Crippen molar-refractivity contribution in [2.24, 2.45) is 0 Å². The molecule has 0 aliphatic rings. The Bertz CT molecular complexity index is 702. The lowest BCUT2D eigenvalue weighted by molar-refractivity contribution is -0.132. The van der Waals surface area contributed by atoms with Crippen LogP contribution in [0.3, 0.4) is 0 Å². The molecule has 0 spiro atoms. The van der Waals surface area contributed by atoms with E-state index in [1.165, 1.54) is 0 Å². The molecule has 0 atom stereocenters. The molecule has 1 N–H and O–H groups in total. The van der Waals surface area contributed by atoms with Crippen LogP contribution in [0, 0.1) is 0 Å². The number of hydrogen-bond acceptors (Lipinski definition) is 2. The highest BCUT2D eigenvalue weighted by Crippen LogP contribution is 2.15. The number of benzene rings is 2. The molecule has 4 nitrogen and oxygen atoms in total. The smallest absolute Gasteiger partial charge is 0.252 e. The number of carbonyl (C=O) groups is 2. The van der Waals surface area contributed by atoms with E-state index in [9.17, 15) is 9.59 Å². The maximum absolute atomic E-state index is 12.5. The van der Waals surface area contributed by atoms with Crippen LogP contribution in [-0.2, 0) is 11.3 Å². The molecule has 2 amide bonds. The van der Waals surface area contributed by atoms with Crippen LogP contribution in [0.25, 0.3) is 0 Å². The number of nitrogens with one attached hydrogen (secondary N) is 1. The zero-order valence-corrected chi connectivity index (χ0v) is 15.4. The first-order chi connectivity index (χ1) is 11.5. The summed E-state index contributed by atoms with van der Waals surface area (Å²) in [6.07, 6.45) is 0. The van der Waals surface area contributed by atoms with E-state index in [0.717, 1.165) is 5.56 Å². The first-order valence-corrected chi connectivity index (χ1v) is 8.64. The Labute approximate surface area is 151 Å². The highest BCUT2D eigenvalue weighted by molar-refractivity contribution is 9.10. The lowest BCUT2D eigenvalue weighted by Crippen LogP contribution is -2.43. The van der Waals surface area contributed by atoms with E-state index in [4.69, 9.17) is 0 Å². The molecule has 0 saturated heterocycles. The minimum Gasteiger partial charge on any atom is -0.343 e. The topological polar surface area (TPSA) is 49.4 Å². The third kappa shape index (κ3) is 4.93. The first-order valence-electron chi connectivity index (χ1n) is 7.85. The van der Waals surface area contributed by atoms with Gasteiger partial charge in [-0.3, -0.25) is 9.59 Å². The van der Waals surface area contributed by atoms with Gasteiger partial charge in [0.15, 0.2) is 0 Å². The molecule has 126 valence electrons. The van der Waals surface area contributed by atoms with Crippen molar-refractivity contribution in [2.75, 3.05) is 6.54 Å². The largest absolute Gasteiger partial charge is 0.343 e. The van der Waals surface area contributed by atoms with Gasteiger partial charge in [-0.15, -0.1) is 0 Å². The molecule has 0 aromatic heterocycles. The molecule has 0 aliphatic heterocycles. The number of carbonyl (C=O) groups excluding carboxylic acids is 2. The van der Waals surface area contributed by atoms with E-state index in [-0.39, 0.29) is 24.4 Å². The van der Waals surface area contributed by atoms with Crippen LogP contribution in [0.5, 0.6) is 0 Å². The van der Waals surface area contributed by atoms with E-state index in [1.54, 1.807) is 23.1 Å². The average molecular weight is 389 g/mol.